The van der Waals surface area contributed by atoms with E-state index in [4.69, 9.17) is 0 Å². The van der Waals surface area contributed by atoms with Crippen LogP contribution in [0.5, 0.6) is 0 Å². The van der Waals surface area contributed by atoms with Crippen molar-refractivity contribution in [2.45, 2.75) is 12.5 Å². The Kier molecular flexibility index (Phi) is 3.95. The second kappa shape index (κ2) is 5.73. The number of rotatable bonds is 3. The van der Waals surface area contributed by atoms with Crippen LogP contribution in [0, 0.1) is 9.39 Å². The Labute approximate surface area is 136 Å². The second-order valence-corrected chi connectivity index (χ2v) is 6.19. The number of amides is 1. The zero-order chi connectivity index (χ0) is 15.0. The van der Waals surface area contributed by atoms with Gasteiger partial charge in [-0.1, -0.05) is 18.2 Å². The third kappa shape index (κ3) is 2.80. The predicted octanol–water partition coefficient (Wildman–Crippen LogP) is 3.23. The van der Waals surface area contributed by atoms with Gasteiger partial charge in [0.1, 0.15) is 5.82 Å². The van der Waals surface area contributed by atoms with Gasteiger partial charge in [0.15, 0.2) is 0 Å². The molecule has 1 unspecified atom stereocenters. The van der Waals surface area contributed by atoms with Crippen molar-refractivity contribution in [2.24, 2.45) is 0 Å². The van der Waals surface area contributed by atoms with Gasteiger partial charge in [-0.05, 0) is 64.5 Å². The molecule has 1 aliphatic heterocycles. The highest BCUT2D eigenvalue weighted by molar-refractivity contribution is 14.1. The van der Waals surface area contributed by atoms with E-state index < -0.39 is 0 Å². The van der Waals surface area contributed by atoms with Crippen LogP contribution in [0.2, 0.25) is 0 Å². The van der Waals surface area contributed by atoms with Crippen LogP contribution in [0.15, 0.2) is 36.4 Å². The van der Waals surface area contributed by atoms with Crippen LogP contribution < -0.4 is 10.6 Å². The van der Waals surface area contributed by atoms with Gasteiger partial charge in [-0.3, -0.25) is 4.79 Å². The Morgan fingerprint density at radius 3 is 2.81 bits per heavy atom. The van der Waals surface area contributed by atoms with Crippen molar-refractivity contribution in [3.63, 3.8) is 0 Å². The molecule has 21 heavy (non-hydrogen) atoms. The summed E-state index contributed by atoms with van der Waals surface area (Å²) in [6, 6.07) is 10.7. The van der Waals surface area contributed by atoms with Crippen LogP contribution >= 0.6 is 22.6 Å². The van der Waals surface area contributed by atoms with Gasteiger partial charge in [-0.2, -0.15) is 0 Å². The van der Waals surface area contributed by atoms with E-state index in [9.17, 15) is 9.18 Å². The van der Waals surface area contributed by atoms with Crippen LogP contribution in [0.4, 0.5) is 10.1 Å². The Bertz CT molecular complexity index is 717. The zero-order valence-electron chi connectivity index (χ0n) is 11.4. The van der Waals surface area contributed by atoms with E-state index in [0.29, 0.717) is 6.42 Å². The van der Waals surface area contributed by atoms with Crippen molar-refractivity contribution < 1.29 is 9.18 Å². The molecule has 1 atom stereocenters. The minimum atomic E-state index is -0.234. The molecule has 1 aliphatic rings. The first kappa shape index (κ1) is 14.5. The first-order valence-corrected chi connectivity index (χ1v) is 7.71. The van der Waals surface area contributed by atoms with E-state index in [2.05, 4.69) is 33.2 Å². The molecule has 108 valence electrons. The molecule has 3 nitrogen and oxygen atoms in total. The number of halogens is 2. The van der Waals surface area contributed by atoms with Crippen molar-refractivity contribution in [3.05, 3.63) is 62.5 Å². The van der Waals surface area contributed by atoms with Crippen molar-refractivity contribution in [1.82, 2.24) is 5.32 Å². The van der Waals surface area contributed by atoms with Crippen molar-refractivity contribution in [3.8, 4) is 0 Å². The summed E-state index contributed by atoms with van der Waals surface area (Å²) in [5.41, 5.74) is 3.98. The van der Waals surface area contributed by atoms with Gasteiger partial charge in [0, 0.05) is 9.26 Å². The summed E-state index contributed by atoms with van der Waals surface area (Å²) in [6.07, 6.45) is 0.417. The summed E-state index contributed by atoms with van der Waals surface area (Å²) in [4.78, 5) is 11.4. The number of fused-ring (bicyclic) bond motifs is 1. The molecule has 0 bridgehead atoms. The Morgan fingerprint density at radius 2 is 2.10 bits per heavy atom. The zero-order valence-corrected chi connectivity index (χ0v) is 13.6. The lowest BCUT2D eigenvalue weighted by atomic mass is 9.96. The number of nitrogens with one attached hydrogen (secondary N) is 2. The normalized spacial score (nSPS) is 14.7. The molecule has 5 heteroatoms. The van der Waals surface area contributed by atoms with E-state index in [-0.39, 0.29) is 17.8 Å². The average molecular weight is 396 g/mol. The van der Waals surface area contributed by atoms with Crippen LogP contribution in [0.1, 0.15) is 22.7 Å². The standard InChI is InChI=1S/C16H14FIN2O/c1-19-16(12-4-3-11(17)8-13(12)18)9-2-5-14-10(6-9)7-15(21)20-14/h2-6,8,16,19H,7H2,1H3,(H,20,21). The molecule has 3 rings (SSSR count). The first-order chi connectivity index (χ1) is 10.1. The Hall–Kier alpha value is -1.47. The quantitative estimate of drug-likeness (QED) is 0.783. The lowest BCUT2D eigenvalue weighted by molar-refractivity contribution is -0.115. The largest absolute Gasteiger partial charge is 0.326 e. The minimum Gasteiger partial charge on any atom is -0.326 e. The molecule has 0 fully saturated rings. The van der Waals surface area contributed by atoms with Crippen molar-refractivity contribution in [2.75, 3.05) is 12.4 Å². The summed E-state index contributed by atoms with van der Waals surface area (Å²) in [5, 5.41) is 6.09. The Morgan fingerprint density at radius 1 is 1.29 bits per heavy atom. The van der Waals surface area contributed by atoms with Gasteiger partial charge in [-0.25, -0.2) is 4.39 Å². The number of hydrogen-bond acceptors (Lipinski definition) is 2. The molecule has 0 saturated carbocycles. The number of carbonyl (C=O) groups is 1. The fourth-order valence-electron chi connectivity index (χ4n) is 2.67. The number of carbonyl (C=O) groups excluding carboxylic acids is 1. The maximum Gasteiger partial charge on any atom is 0.228 e. The molecule has 0 radical (unpaired) electrons. The fourth-order valence-corrected chi connectivity index (χ4v) is 3.45. The summed E-state index contributed by atoms with van der Waals surface area (Å²) in [6.45, 7) is 0. The monoisotopic (exact) mass is 396 g/mol. The molecule has 0 spiro atoms. The minimum absolute atomic E-state index is 0.0273. The summed E-state index contributed by atoms with van der Waals surface area (Å²) in [7, 11) is 1.88. The lowest BCUT2D eigenvalue weighted by Crippen LogP contribution is -2.19. The van der Waals surface area contributed by atoms with Crippen molar-refractivity contribution >= 4 is 34.2 Å². The van der Waals surface area contributed by atoms with Crippen LogP contribution in [0.3, 0.4) is 0 Å². The van der Waals surface area contributed by atoms with Gasteiger partial charge in [0.05, 0.1) is 12.5 Å². The fraction of sp³-hybridized carbons (Fsp3) is 0.188. The predicted molar refractivity (Wildman–Crippen MR) is 88.8 cm³/mol. The van der Waals surface area contributed by atoms with E-state index in [1.54, 1.807) is 6.07 Å². The van der Waals surface area contributed by atoms with E-state index in [1.807, 2.05) is 25.2 Å². The van der Waals surface area contributed by atoms with E-state index in [0.717, 1.165) is 25.9 Å². The SMILES string of the molecule is CNC(c1ccc2c(c1)CC(=O)N2)c1ccc(F)cc1I. The second-order valence-electron chi connectivity index (χ2n) is 5.03. The van der Waals surface area contributed by atoms with Crippen LogP contribution in [-0.4, -0.2) is 13.0 Å². The summed E-state index contributed by atoms with van der Waals surface area (Å²) in [5.74, 6) is -0.207. The molecule has 2 aromatic carbocycles. The number of hydrogen-bond donors (Lipinski definition) is 2. The highest BCUT2D eigenvalue weighted by atomic mass is 127. The lowest BCUT2D eigenvalue weighted by Gasteiger charge is -2.19. The van der Waals surface area contributed by atoms with Crippen molar-refractivity contribution in [1.29, 1.82) is 0 Å². The van der Waals surface area contributed by atoms with Gasteiger partial charge in [0.25, 0.3) is 0 Å². The molecule has 0 saturated heterocycles. The number of benzene rings is 2. The molecular formula is C16H14FIN2O. The molecule has 1 heterocycles. The smallest absolute Gasteiger partial charge is 0.228 e. The third-order valence-corrected chi connectivity index (χ3v) is 4.58. The van der Waals surface area contributed by atoms with Gasteiger partial charge in [-0.15, -0.1) is 0 Å². The summed E-state index contributed by atoms with van der Waals surface area (Å²) >= 11 is 2.15. The number of anilines is 1. The van der Waals surface area contributed by atoms with E-state index in [1.165, 1.54) is 12.1 Å². The molecule has 0 aromatic heterocycles. The first-order valence-electron chi connectivity index (χ1n) is 6.63. The van der Waals surface area contributed by atoms with Crippen LogP contribution in [-0.2, 0) is 11.2 Å². The molecule has 2 aromatic rings. The molecule has 1 amide bonds. The Balaban J connectivity index is 2.01. The van der Waals surface area contributed by atoms with Gasteiger partial charge in [0.2, 0.25) is 5.91 Å². The highest BCUT2D eigenvalue weighted by Gasteiger charge is 2.21. The maximum atomic E-state index is 13.3. The molecular weight excluding hydrogens is 382 g/mol. The highest BCUT2D eigenvalue weighted by Crippen LogP contribution is 2.31. The van der Waals surface area contributed by atoms with Gasteiger partial charge >= 0.3 is 0 Å². The third-order valence-electron chi connectivity index (χ3n) is 3.65. The van der Waals surface area contributed by atoms with E-state index >= 15 is 0 Å². The summed E-state index contributed by atoms with van der Waals surface area (Å²) < 4.78 is 14.1. The van der Waals surface area contributed by atoms with Crippen LogP contribution in [0.25, 0.3) is 0 Å². The molecule has 2 N–H and O–H groups in total. The topological polar surface area (TPSA) is 41.1 Å². The maximum absolute atomic E-state index is 13.3. The average Bonchev–Trinajstić information content (AvgIpc) is 2.81. The van der Waals surface area contributed by atoms with Gasteiger partial charge < -0.3 is 10.6 Å². The molecule has 0 aliphatic carbocycles.